The van der Waals surface area contributed by atoms with Crippen LogP contribution < -0.4 is 9.88 Å². The average Bonchev–Trinajstić information content (AvgIpc) is 2.35. The van der Waals surface area contributed by atoms with Gasteiger partial charge in [-0.05, 0) is 18.6 Å². The first kappa shape index (κ1) is 17.7. The number of hydrogen-bond donors (Lipinski definition) is 1. The summed E-state index contributed by atoms with van der Waals surface area (Å²) in [6.45, 7) is 1.94. The van der Waals surface area contributed by atoms with Crippen molar-refractivity contribution < 1.29 is 18.1 Å². The SMILES string of the molecule is CCCC(COc1ccc(Cl)cc1[N+](=O)[O-])CS(N)(=O)=O. The van der Waals surface area contributed by atoms with Crippen LogP contribution >= 0.6 is 11.6 Å². The van der Waals surface area contributed by atoms with Crippen LogP contribution in [0.5, 0.6) is 5.75 Å². The van der Waals surface area contributed by atoms with Gasteiger partial charge in [0, 0.05) is 17.0 Å². The smallest absolute Gasteiger partial charge is 0.312 e. The lowest BCUT2D eigenvalue weighted by atomic mass is 10.1. The van der Waals surface area contributed by atoms with E-state index < -0.39 is 14.9 Å². The molecule has 0 saturated carbocycles. The van der Waals surface area contributed by atoms with E-state index in [-0.39, 0.29) is 34.7 Å². The van der Waals surface area contributed by atoms with Crippen molar-refractivity contribution in [1.29, 1.82) is 0 Å². The van der Waals surface area contributed by atoms with Crippen LogP contribution in [0.4, 0.5) is 5.69 Å². The van der Waals surface area contributed by atoms with E-state index in [2.05, 4.69) is 0 Å². The summed E-state index contributed by atoms with van der Waals surface area (Å²) in [7, 11) is -3.62. The monoisotopic (exact) mass is 336 g/mol. The lowest BCUT2D eigenvalue weighted by Gasteiger charge is -2.16. The van der Waals surface area contributed by atoms with Gasteiger partial charge >= 0.3 is 5.69 Å². The number of benzene rings is 1. The molecule has 1 aromatic carbocycles. The zero-order valence-electron chi connectivity index (χ0n) is 11.5. The molecule has 0 amide bonds. The van der Waals surface area contributed by atoms with E-state index in [9.17, 15) is 18.5 Å². The van der Waals surface area contributed by atoms with Crippen molar-refractivity contribution in [3.8, 4) is 5.75 Å². The standard InChI is InChI=1S/C12H17ClN2O5S/c1-2-3-9(8-21(14,18)19)7-20-12-5-4-10(13)6-11(12)15(16)17/h4-6,9H,2-3,7-8H2,1H3,(H2,14,18,19). The summed E-state index contributed by atoms with van der Waals surface area (Å²) in [6.07, 6.45) is 1.35. The zero-order valence-corrected chi connectivity index (χ0v) is 13.1. The highest BCUT2D eigenvalue weighted by atomic mass is 35.5. The van der Waals surface area contributed by atoms with E-state index in [0.29, 0.717) is 6.42 Å². The third-order valence-electron chi connectivity index (χ3n) is 2.76. The third kappa shape index (κ3) is 6.28. The minimum absolute atomic E-state index is 0.0345. The van der Waals surface area contributed by atoms with Crippen molar-refractivity contribution in [2.45, 2.75) is 19.8 Å². The molecule has 0 aromatic heterocycles. The van der Waals surface area contributed by atoms with Gasteiger partial charge in [-0.2, -0.15) is 0 Å². The van der Waals surface area contributed by atoms with Crippen molar-refractivity contribution in [2.24, 2.45) is 11.1 Å². The maximum Gasteiger partial charge on any atom is 0.312 e. The molecule has 1 unspecified atom stereocenters. The van der Waals surface area contributed by atoms with Gasteiger partial charge in [-0.25, -0.2) is 13.6 Å². The second-order valence-corrected chi connectivity index (χ2v) is 6.76. The quantitative estimate of drug-likeness (QED) is 0.578. The Hall–Kier alpha value is -1.38. The van der Waals surface area contributed by atoms with Gasteiger partial charge in [0.1, 0.15) is 0 Å². The van der Waals surface area contributed by atoms with Crippen LogP contribution in [0.1, 0.15) is 19.8 Å². The largest absolute Gasteiger partial charge is 0.486 e. The number of sulfonamides is 1. The summed E-state index contributed by atoms with van der Waals surface area (Å²) in [4.78, 5) is 10.3. The number of nitro benzene ring substituents is 1. The molecular formula is C12H17ClN2O5S. The molecule has 0 aliphatic rings. The molecule has 0 fully saturated rings. The van der Waals surface area contributed by atoms with Gasteiger partial charge in [0.15, 0.2) is 5.75 Å². The number of nitro groups is 1. The van der Waals surface area contributed by atoms with Gasteiger partial charge in [-0.1, -0.05) is 24.9 Å². The van der Waals surface area contributed by atoms with Crippen LogP contribution in [0.15, 0.2) is 18.2 Å². The van der Waals surface area contributed by atoms with E-state index in [1.165, 1.54) is 18.2 Å². The van der Waals surface area contributed by atoms with Gasteiger partial charge < -0.3 is 4.74 Å². The summed E-state index contributed by atoms with van der Waals surface area (Å²) < 4.78 is 27.7. The molecule has 0 aliphatic carbocycles. The predicted molar refractivity (Wildman–Crippen MR) is 80.0 cm³/mol. The average molecular weight is 337 g/mol. The predicted octanol–water partition coefficient (Wildman–Crippen LogP) is 2.33. The number of halogens is 1. The van der Waals surface area contributed by atoms with Crippen molar-refractivity contribution in [3.63, 3.8) is 0 Å². The Balaban J connectivity index is 2.82. The highest BCUT2D eigenvalue weighted by Gasteiger charge is 2.20. The summed E-state index contributed by atoms with van der Waals surface area (Å²) in [5.41, 5.74) is -0.256. The lowest BCUT2D eigenvalue weighted by molar-refractivity contribution is -0.385. The molecular weight excluding hydrogens is 320 g/mol. The highest BCUT2D eigenvalue weighted by molar-refractivity contribution is 7.89. The van der Waals surface area contributed by atoms with Crippen molar-refractivity contribution in [3.05, 3.63) is 33.3 Å². The Morgan fingerprint density at radius 1 is 1.48 bits per heavy atom. The van der Waals surface area contributed by atoms with Crippen LogP contribution in [0.25, 0.3) is 0 Å². The topological polar surface area (TPSA) is 113 Å². The van der Waals surface area contributed by atoms with Crippen LogP contribution in [-0.2, 0) is 10.0 Å². The molecule has 1 rings (SSSR count). The summed E-state index contributed by atoms with van der Waals surface area (Å²) >= 11 is 5.70. The van der Waals surface area contributed by atoms with Crippen LogP contribution in [-0.4, -0.2) is 25.7 Å². The highest BCUT2D eigenvalue weighted by Crippen LogP contribution is 2.30. The van der Waals surface area contributed by atoms with Crippen LogP contribution in [0.2, 0.25) is 5.02 Å². The molecule has 0 bridgehead atoms. The summed E-state index contributed by atoms with van der Waals surface area (Å²) in [5.74, 6) is -0.484. The maximum atomic E-state index is 11.1. The molecule has 21 heavy (non-hydrogen) atoms. The van der Waals surface area contributed by atoms with Crippen LogP contribution in [0, 0.1) is 16.0 Å². The Bertz CT molecular complexity index is 606. The van der Waals surface area contributed by atoms with Gasteiger partial charge in [-0.15, -0.1) is 0 Å². The van der Waals surface area contributed by atoms with Crippen molar-refractivity contribution in [1.82, 2.24) is 0 Å². The molecule has 0 radical (unpaired) electrons. The molecule has 1 atom stereocenters. The van der Waals surface area contributed by atoms with E-state index in [0.717, 1.165) is 6.42 Å². The first-order chi connectivity index (χ1) is 9.73. The zero-order chi connectivity index (χ0) is 16.0. The number of nitrogens with zero attached hydrogens (tertiary/aromatic N) is 1. The summed E-state index contributed by atoms with van der Waals surface area (Å²) in [5, 5.41) is 16.2. The molecule has 2 N–H and O–H groups in total. The number of ether oxygens (including phenoxy) is 1. The molecule has 9 heteroatoms. The minimum atomic E-state index is -3.62. The van der Waals surface area contributed by atoms with E-state index >= 15 is 0 Å². The van der Waals surface area contributed by atoms with Gasteiger partial charge in [0.2, 0.25) is 10.0 Å². The van der Waals surface area contributed by atoms with Crippen molar-refractivity contribution >= 4 is 27.3 Å². The molecule has 0 aliphatic heterocycles. The molecule has 0 saturated heterocycles. The Labute approximate surface area is 128 Å². The number of primary sulfonamides is 1. The van der Waals surface area contributed by atoms with E-state index in [1.807, 2.05) is 6.92 Å². The minimum Gasteiger partial charge on any atom is -0.486 e. The fourth-order valence-corrected chi connectivity index (χ4v) is 3.00. The lowest BCUT2D eigenvalue weighted by Crippen LogP contribution is -2.27. The second-order valence-electron chi connectivity index (χ2n) is 4.66. The fourth-order valence-electron chi connectivity index (χ4n) is 1.91. The normalized spacial score (nSPS) is 12.9. The second kappa shape index (κ2) is 7.58. The molecule has 118 valence electrons. The summed E-state index contributed by atoms with van der Waals surface area (Å²) in [6, 6.07) is 4.05. The molecule has 0 spiro atoms. The van der Waals surface area contributed by atoms with E-state index in [1.54, 1.807) is 0 Å². The first-order valence-electron chi connectivity index (χ1n) is 6.30. The van der Waals surface area contributed by atoms with E-state index in [4.69, 9.17) is 21.5 Å². The Morgan fingerprint density at radius 3 is 2.67 bits per heavy atom. The first-order valence-corrected chi connectivity index (χ1v) is 8.39. The van der Waals surface area contributed by atoms with Crippen LogP contribution in [0.3, 0.4) is 0 Å². The maximum absolute atomic E-state index is 11.1. The third-order valence-corrected chi connectivity index (χ3v) is 3.93. The van der Waals surface area contributed by atoms with Gasteiger partial charge in [-0.3, -0.25) is 10.1 Å². The number of nitrogens with two attached hydrogens (primary N) is 1. The van der Waals surface area contributed by atoms with Gasteiger partial charge in [0.05, 0.1) is 17.3 Å². The van der Waals surface area contributed by atoms with Gasteiger partial charge in [0.25, 0.3) is 0 Å². The Kier molecular flexibility index (Phi) is 6.38. The molecule has 0 heterocycles. The number of hydrogen-bond acceptors (Lipinski definition) is 5. The number of rotatable bonds is 8. The molecule has 7 nitrogen and oxygen atoms in total. The van der Waals surface area contributed by atoms with Crippen molar-refractivity contribution in [2.75, 3.05) is 12.4 Å². The molecule has 1 aromatic rings. The fraction of sp³-hybridized carbons (Fsp3) is 0.500. The Morgan fingerprint density at radius 2 is 2.14 bits per heavy atom.